The molecule has 1 N–H and O–H groups in total. The summed E-state index contributed by atoms with van der Waals surface area (Å²) in [7, 11) is 5.77. The van der Waals surface area contributed by atoms with Gasteiger partial charge in [0.1, 0.15) is 0 Å². The average Bonchev–Trinajstić information content (AvgIpc) is 2.42. The zero-order valence-electron chi connectivity index (χ0n) is 13.7. The second kappa shape index (κ2) is 7.79. The first-order valence-corrected chi connectivity index (χ1v) is 7.54. The molecular formula is C16H30N2O2. The number of likely N-dealkylation sites (N-methyl/N-ethyl adjacent to an activating group) is 1. The first kappa shape index (κ1) is 17.2. The summed E-state index contributed by atoms with van der Waals surface area (Å²) in [5.74, 6) is 0.542. The Bertz CT molecular complexity index is 352. The van der Waals surface area contributed by atoms with Crippen LogP contribution in [0.3, 0.4) is 0 Å². The molecule has 1 saturated carbocycles. The lowest BCUT2D eigenvalue weighted by atomic mass is 9.75. The SMILES string of the molecule is COC(=O)C(C)=CCNCC1(N(C)C)CCCC(C)C1. The summed E-state index contributed by atoms with van der Waals surface area (Å²) in [6.07, 6.45) is 7.04. The van der Waals surface area contributed by atoms with E-state index >= 15 is 0 Å². The van der Waals surface area contributed by atoms with Crippen molar-refractivity contribution >= 4 is 5.97 Å². The maximum absolute atomic E-state index is 11.3. The van der Waals surface area contributed by atoms with E-state index in [9.17, 15) is 4.79 Å². The smallest absolute Gasteiger partial charge is 0.333 e. The Morgan fingerprint density at radius 1 is 1.50 bits per heavy atom. The number of nitrogens with zero attached hydrogens (tertiary/aromatic N) is 1. The summed E-state index contributed by atoms with van der Waals surface area (Å²) in [4.78, 5) is 13.7. The molecule has 1 aliphatic rings. The predicted octanol–water partition coefficient (Wildman–Crippen LogP) is 2.21. The van der Waals surface area contributed by atoms with Crippen LogP contribution in [0, 0.1) is 5.92 Å². The van der Waals surface area contributed by atoms with Crippen molar-refractivity contribution in [3.8, 4) is 0 Å². The molecule has 0 aromatic heterocycles. The molecule has 20 heavy (non-hydrogen) atoms. The van der Waals surface area contributed by atoms with Gasteiger partial charge in [-0.15, -0.1) is 0 Å². The maximum Gasteiger partial charge on any atom is 0.333 e. The molecule has 116 valence electrons. The lowest BCUT2D eigenvalue weighted by Gasteiger charge is -2.45. The van der Waals surface area contributed by atoms with Crippen LogP contribution in [0.25, 0.3) is 0 Å². The second-order valence-corrected chi connectivity index (χ2v) is 6.33. The molecular weight excluding hydrogens is 252 g/mol. The molecule has 0 saturated heterocycles. The van der Waals surface area contributed by atoms with Crippen molar-refractivity contribution in [2.24, 2.45) is 5.92 Å². The van der Waals surface area contributed by atoms with Gasteiger partial charge in [-0.2, -0.15) is 0 Å². The highest BCUT2D eigenvalue weighted by Gasteiger charge is 2.36. The van der Waals surface area contributed by atoms with Crippen LogP contribution in [0.5, 0.6) is 0 Å². The van der Waals surface area contributed by atoms with Crippen molar-refractivity contribution in [1.82, 2.24) is 10.2 Å². The lowest BCUT2D eigenvalue weighted by molar-refractivity contribution is -0.136. The molecule has 4 heteroatoms. The van der Waals surface area contributed by atoms with Crippen molar-refractivity contribution < 1.29 is 9.53 Å². The quantitative estimate of drug-likeness (QED) is 0.461. The van der Waals surface area contributed by atoms with Gasteiger partial charge in [-0.25, -0.2) is 4.79 Å². The first-order valence-electron chi connectivity index (χ1n) is 7.54. The Morgan fingerprint density at radius 2 is 2.20 bits per heavy atom. The maximum atomic E-state index is 11.3. The molecule has 0 radical (unpaired) electrons. The molecule has 1 aliphatic carbocycles. The Balaban J connectivity index is 2.50. The summed E-state index contributed by atoms with van der Waals surface area (Å²) in [5.41, 5.74) is 0.918. The summed E-state index contributed by atoms with van der Waals surface area (Å²) in [5, 5.41) is 3.48. The third-order valence-electron chi connectivity index (χ3n) is 4.53. The van der Waals surface area contributed by atoms with E-state index in [0.29, 0.717) is 12.1 Å². The summed E-state index contributed by atoms with van der Waals surface area (Å²) >= 11 is 0. The van der Waals surface area contributed by atoms with Gasteiger partial charge in [0, 0.05) is 24.2 Å². The monoisotopic (exact) mass is 282 g/mol. The molecule has 0 amide bonds. The van der Waals surface area contributed by atoms with E-state index in [2.05, 4.69) is 36.0 Å². The molecule has 0 aliphatic heterocycles. The minimum Gasteiger partial charge on any atom is -0.466 e. The number of carbonyl (C=O) groups excluding carboxylic acids is 1. The van der Waals surface area contributed by atoms with Crippen molar-refractivity contribution in [2.45, 2.75) is 45.1 Å². The minimum absolute atomic E-state index is 0.250. The fourth-order valence-electron chi connectivity index (χ4n) is 3.13. The van der Waals surface area contributed by atoms with Gasteiger partial charge in [-0.1, -0.05) is 25.8 Å². The topological polar surface area (TPSA) is 41.6 Å². The summed E-state index contributed by atoms with van der Waals surface area (Å²) < 4.78 is 4.69. The van der Waals surface area contributed by atoms with E-state index < -0.39 is 0 Å². The number of esters is 1. The van der Waals surface area contributed by atoms with Gasteiger partial charge in [0.25, 0.3) is 0 Å². The van der Waals surface area contributed by atoms with E-state index in [1.165, 1.54) is 32.8 Å². The third kappa shape index (κ3) is 4.60. The minimum atomic E-state index is -0.250. The van der Waals surface area contributed by atoms with E-state index in [1.54, 1.807) is 6.92 Å². The van der Waals surface area contributed by atoms with Gasteiger partial charge in [0.05, 0.1) is 7.11 Å². The van der Waals surface area contributed by atoms with Gasteiger partial charge < -0.3 is 15.0 Å². The van der Waals surface area contributed by atoms with Crippen LogP contribution < -0.4 is 5.32 Å². The number of hydrogen-bond acceptors (Lipinski definition) is 4. The molecule has 2 atom stereocenters. The van der Waals surface area contributed by atoms with Gasteiger partial charge in [0.15, 0.2) is 0 Å². The van der Waals surface area contributed by atoms with Gasteiger partial charge in [0.2, 0.25) is 0 Å². The van der Waals surface area contributed by atoms with E-state index in [0.717, 1.165) is 12.5 Å². The van der Waals surface area contributed by atoms with Crippen molar-refractivity contribution in [3.63, 3.8) is 0 Å². The van der Waals surface area contributed by atoms with Crippen molar-refractivity contribution in [2.75, 3.05) is 34.3 Å². The molecule has 1 fully saturated rings. The van der Waals surface area contributed by atoms with E-state index in [-0.39, 0.29) is 11.5 Å². The number of methoxy groups -OCH3 is 1. The molecule has 4 nitrogen and oxygen atoms in total. The van der Waals surface area contributed by atoms with Crippen molar-refractivity contribution in [1.29, 1.82) is 0 Å². The normalized spacial score (nSPS) is 27.7. The van der Waals surface area contributed by atoms with E-state index in [4.69, 9.17) is 0 Å². The van der Waals surface area contributed by atoms with Crippen molar-refractivity contribution in [3.05, 3.63) is 11.6 Å². The van der Waals surface area contributed by atoms with Crippen LogP contribution in [-0.4, -0.2) is 50.7 Å². The molecule has 0 aromatic rings. The summed E-state index contributed by atoms with van der Waals surface area (Å²) in [6, 6.07) is 0. The Hall–Kier alpha value is -0.870. The van der Waals surface area contributed by atoms with Crippen LogP contribution in [0.1, 0.15) is 39.5 Å². The molecule has 2 unspecified atom stereocenters. The second-order valence-electron chi connectivity index (χ2n) is 6.33. The van der Waals surface area contributed by atoms with Crippen LogP contribution in [-0.2, 0) is 9.53 Å². The first-order chi connectivity index (χ1) is 9.41. The van der Waals surface area contributed by atoms with Crippen LogP contribution >= 0.6 is 0 Å². The largest absolute Gasteiger partial charge is 0.466 e. The molecule has 0 bridgehead atoms. The standard InChI is InChI=1S/C16H30N2O2/c1-13-7-6-9-16(11-13,18(3)4)12-17-10-8-14(2)15(19)20-5/h8,13,17H,6-7,9-12H2,1-5H3. The van der Waals surface area contributed by atoms with Gasteiger partial charge in [-0.05, 0) is 39.8 Å². The third-order valence-corrected chi connectivity index (χ3v) is 4.53. The molecule has 1 rings (SSSR count). The van der Waals surface area contributed by atoms with Gasteiger partial charge >= 0.3 is 5.97 Å². The number of ether oxygens (including phenoxy) is 1. The van der Waals surface area contributed by atoms with Crippen LogP contribution in [0.15, 0.2) is 11.6 Å². The highest BCUT2D eigenvalue weighted by Crippen LogP contribution is 2.35. The lowest BCUT2D eigenvalue weighted by Crippen LogP contribution is -2.54. The number of hydrogen-bond donors (Lipinski definition) is 1. The fourth-order valence-corrected chi connectivity index (χ4v) is 3.13. The summed E-state index contributed by atoms with van der Waals surface area (Å²) in [6.45, 7) is 5.82. The Labute approximate surface area is 123 Å². The Kier molecular flexibility index (Phi) is 6.69. The zero-order valence-corrected chi connectivity index (χ0v) is 13.7. The molecule has 0 spiro atoms. The van der Waals surface area contributed by atoms with E-state index in [1.807, 2.05) is 6.08 Å². The average molecular weight is 282 g/mol. The number of nitrogens with one attached hydrogen (secondary N) is 1. The number of rotatable bonds is 6. The van der Waals surface area contributed by atoms with Crippen LogP contribution in [0.4, 0.5) is 0 Å². The van der Waals surface area contributed by atoms with Gasteiger partial charge in [-0.3, -0.25) is 0 Å². The Morgan fingerprint density at radius 3 is 2.75 bits per heavy atom. The highest BCUT2D eigenvalue weighted by molar-refractivity contribution is 5.87. The fraction of sp³-hybridized carbons (Fsp3) is 0.812. The highest BCUT2D eigenvalue weighted by atomic mass is 16.5. The predicted molar refractivity (Wildman–Crippen MR) is 82.7 cm³/mol. The van der Waals surface area contributed by atoms with Crippen LogP contribution in [0.2, 0.25) is 0 Å². The number of carbonyl (C=O) groups is 1. The zero-order chi connectivity index (χ0) is 15.2. The molecule has 0 aromatic carbocycles. The molecule has 0 heterocycles.